The number of aryl methyl sites for hydroxylation is 1. The molecule has 1 aromatic rings. The third-order valence-electron chi connectivity index (χ3n) is 2.37. The zero-order chi connectivity index (χ0) is 12.0. The summed E-state index contributed by atoms with van der Waals surface area (Å²) in [7, 11) is 0. The molecule has 0 aliphatic rings. The number of nitrogen functional groups attached to an aromatic ring is 1. The number of benzene rings is 1. The van der Waals surface area contributed by atoms with Crippen LogP contribution in [0.2, 0.25) is 0 Å². The number of rotatable bonds is 5. The van der Waals surface area contributed by atoms with Crippen molar-refractivity contribution in [3.63, 3.8) is 0 Å². The van der Waals surface area contributed by atoms with Gasteiger partial charge < -0.3 is 10.5 Å². The summed E-state index contributed by atoms with van der Waals surface area (Å²) in [5, 5.41) is 0. The van der Waals surface area contributed by atoms with Crippen molar-refractivity contribution >= 4 is 11.7 Å². The lowest BCUT2D eigenvalue weighted by atomic mass is 10.0. The van der Waals surface area contributed by atoms with E-state index in [1.165, 1.54) is 0 Å². The van der Waals surface area contributed by atoms with E-state index in [2.05, 4.69) is 6.92 Å². The number of esters is 1. The highest BCUT2D eigenvalue weighted by Gasteiger charge is 2.12. The molecule has 2 N–H and O–H groups in total. The normalized spacial score (nSPS) is 10.1. The number of anilines is 1. The summed E-state index contributed by atoms with van der Waals surface area (Å²) in [6.07, 6.45) is 2.72. The molecule has 3 heteroatoms. The van der Waals surface area contributed by atoms with Gasteiger partial charge in [-0.3, -0.25) is 0 Å². The molecule has 0 saturated carbocycles. The van der Waals surface area contributed by atoms with Crippen molar-refractivity contribution < 1.29 is 9.53 Å². The van der Waals surface area contributed by atoms with Gasteiger partial charge in [0.05, 0.1) is 12.2 Å². The quantitative estimate of drug-likeness (QED) is 0.614. The molecular formula is C13H19NO2. The summed E-state index contributed by atoms with van der Waals surface area (Å²) in [5.74, 6) is -0.322. The highest BCUT2D eigenvalue weighted by molar-refractivity contribution is 5.95. The minimum absolute atomic E-state index is 0.322. The van der Waals surface area contributed by atoms with E-state index in [9.17, 15) is 4.79 Å². The lowest BCUT2D eigenvalue weighted by molar-refractivity contribution is 0.0506. The van der Waals surface area contributed by atoms with Crippen molar-refractivity contribution in [3.05, 3.63) is 29.3 Å². The van der Waals surface area contributed by atoms with Crippen molar-refractivity contribution in [3.8, 4) is 0 Å². The molecule has 0 radical (unpaired) electrons. The minimum Gasteiger partial charge on any atom is -0.462 e. The van der Waals surface area contributed by atoms with Crippen molar-refractivity contribution in [2.45, 2.75) is 33.1 Å². The molecule has 88 valence electrons. The number of ether oxygens (including phenoxy) is 1. The Bertz CT molecular complexity index is 361. The zero-order valence-corrected chi connectivity index (χ0v) is 9.95. The molecule has 0 unspecified atom stereocenters. The van der Waals surface area contributed by atoms with Crippen LogP contribution in [-0.4, -0.2) is 12.6 Å². The second kappa shape index (κ2) is 6.16. The third-order valence-corrected chi connectivity index (χ3v) is 2.37. The predicted octanol–water partition coefficient (Wildman–Crippen LogP) is 2.79. The molecule has 0 amide bonds. The van der Waals surface area contributed by atoms with Gasteiger partial charge in [-0.1, -0.05) is 32.4 Å². The Balaban J connectivity index is 2.87. The highest BCUT2D eigenvalue weighted by atomic mass is 16.5. The summed E-state index contributed by atoms with van der Waals surface area (Å²) in [4.78, 5) is 11.7. The van der Waals surface area contributed by atoms with Crippen molar-refractivity contribution in [2.24, 2.45) is 0 Å². The van der Waals surface area contributed by atoms with E-state index in [1.54, 1.807) is 6.07 Å². The molecule has 0 spiro atoms. The standard InChI is InChI=1S/C13H19NO2/c1-3-6-10-7-5-8-11(12(10)14)13(15)16-9-4-2/h5,7-8H,3-4,6,9,14H2,1-2H3. The zero-order valence-electron chi connectivity index (χ0n) is 9.95. The van der Waals surface area contributed by atoms with Gasteiger partial charge in [0, 0.05) is 5.69 Å². The SMILES string of the molecule is CCCOC(=O)c1cccc(CCC)c1N. The first kappa shape index (κ1) is 12.6. The lowest BCUT2D eigenvalue weighted by Gasteiger charge is -2.09. The van der Waals surface area contributed by atoms with E-state index < -0.39 is 0 Å². The predicted molar refractivity (Wildman–Crippen MR) is 65.4 cm³/mol. The number of carbonyl (C=O) groups is 1. The molecule has 3 nitrogen and oxygen atoms in total. The highest BCUT2D eigenvalue weighted by Crippen LogP contribution is 2.19. The van der Waals surface area contributed by atoms with E-state index in [-0.39, 0.29) is 5.97 Å². The summed E-state index contributed by atoms with van der Waals surface area (Å²) in [6.45, 7) is 4.49. The van der Waals surface area contributed by atoms with E-state index in [0.717, 1.165) is 24.8 Å². The Hall–Kier alpha value is -1.51. The van der Waals surface area contributed by atoms with Crippen LogP contribution in [0, 0.1) is 0 Å². The van der Waals surface area contributed by atoms with Crippen LogP contribution < -0.4 is 5.73 Å². The molecule has 0 bridgehead atoms. The molecule has 0 saturated heterocycles. The molecule has 1 aromatic carbocycles. The number of nitrogens with two attached hydrogens (primary N) is 1. The van der Waals surface area contributed by atoms with E-state index in [0.29, 0.717) is 17.9 Å². The van der Waals surface area contributed by atoms with Crippen LogP contribution in [0.15, 0.2) is 18.2 Å². The second-order valence-electron chi connectivity index (χ2n) is 3.76. The van der Waals surface area contributed by atoms with Gasteiger partial charge >= 0.3 is 5.97 Å². The molecule has 0 aromatic heterocycles. The average Bonchev–Trinajstić information content (AvgIpc) is 2.29. The van der Waals surface area contributed by atoms with Gasteiger partial charge in [-0.2, -0.15) is 0 Å². The number of hydrogen-bond acceptors (Lipinski definition) is 3. The first-order valence-corrected chi connectivity index (χ1v) is 5.75. The number of hydrogen-bond donors (Lipinski definition) is 1. The lowest BCUT2D eigenvalue weighted by Crippen LogP contribution is -2.10. The van der Waals surface area contributed by atoms with Crippen LogP contribution in [0.25, 0.3) is 0 Å². The Morgan fingerprint density at radius 3 is 2.69 bits per heavy atom. The van der Waals surface area contributed by atoms with Gasteiger partial charge in [0.1, 0.15) is 0 Å². The molecular weight excluding hydrogens is 202 g/mol. The molecule has 0 fully saturated rings. The summed E-state index contributed by atoms with van der Waals surface area (Å²) in [6, 6.07) is 5.52. The van der Waals surface area contributed by atoms with Gasteiger partial charge in [-0.15, -0.1) is 0 Å². The smallest absolute Gasteiger partial charge is 0.340 e. The first-order chi connectivity index (χ1) is 7.70. The van der Waals surface area contributed by atoms with E-state index >= 15 is 0 Å². The Kier molecular flexibility index (Phi) is 4.83. The van der Waals surface area contributed by atoms with Crippen LogP contribution in [0.3, 0.4) is 0 Å². The number of carbonyl (C=O) groups excluding carboxylic acids is 1. The van der Waals surface area contributed by atoms with Crippen molar-refractivity contribution in [1.82, 2.24) is 0 Å². The van der Waals surface area contributed by atoms with Gasteiger partial charge in [0.15, 0.2) is 0 Å². The fourth-order valence-corrected chi connectivity index (χ4v) is 1.55. The maximum Gasteiger partial charge on any atom is 0.340 e. The molecule has 16 heavy (non-hydrogen) atoms. The van der Waals surface area contributed by atoms with Crippen LogP contribution in [0.4, 0.5) is 5.69 Å². The summed E-state index contributed by atoms with van der Waals surface area (Å²) < 4.78 is 5.07. The van der Waals surface area contributed by atoms with E-state index in [1.807, 2.05) is 19.1 Å². The Morgan fingerprint density at radius 1 is 1.31 bits per heavy atom. The molecule has 0 heterocycles. The largest absolute Gasteiger partial charge is 0.462 e. The van der Waals surface area contributed by atoms with Gasteiger partial charge in [-0.05, 0) is 24.5 Å². The fraction of sp³-hybridized carbons (Fsp3) is 0.462. The van der Waals surface area contributed by atoms with Crippen molar-refractivity contribution in [1.29, 1.82) is 0 Å². The van der Waals surface area contributed by atoms with Crippen LogP contribution in [0.5, 0.6) is 0 Å². The van der Waals surface area contributed by atoms with Crippen molar-refractivity contribution in [2.75, 3.05) is 12.3 Å². The van der Waals surface area contributed by atoms with Gasteiger partial charge in [0.2, 0.25) is 0 Å². The van der Waals surface area contributed by atoms with Crippen LogP contribution in [0.1, 0.15) is 42.6 Å². The second-order valence-corrected chi connectivity index (χ2v) is 3.76. The number of para-hydroxylation sites is 1. The maximum absolute atomic E-state index is 11.7. The first-order valence-electron chi connectivity index (χ1n) is 5.75. The monoisotopic (exact) mass is 221 g/mol. The Morgan fingerprint density at radius 2 is 2.06 bits per heavy atom. The van der Waals surface area contributed by atoms with Gasteiger partial charge in [0.25, 0.3) is 0 Å². The maximum atomic E-state index is 11.7. The molecule has 0 atom stereocenters. The summed E-state index contributed by atoms with van der Waals surface area (Å²) in [5.41, 5.74) is 8.01. The Labute approximate surface area is 96.6 Å². The fourth-order valence-electron chi connectivity index (χ4n) is 1.55. The summed E-state index contributed by atoms with van der Waals surface area (Å²) >= 11 is 0. The van der Waals surface area contributed by atoms with E-state index in [4.69, 9.17) is 10.5 Å². The molecule has 0 aliphatic heterocycles. The van der Waals surface area contributed by atoms with Gasteiger partial charge in [-0.25, -0.2) is 4.79 Å². The third kappa shape index (κ3) is 2.99. The molecule has 1 rings (SSSR count). The van der Waals surface area contributed by atoms with Crippen LogP contribution in [-0.2, 0) is 11.2 Å². The average molecular weight is 221 g/mol. The minimum atomic E-state index is -0.322. The topological polar surface area (TPSA) is 52.3 Å². The molecule has 0 aliphatic carbocycles. The van der Waals surface area contributed by atoms with Crippen LogP contribution >= 0.6 is 0 Å².